The summed E-state index contributed by atoms with van der Waals surface area (Å²) in [4.78, 5) is 11.6. The van der Waals surface area contributed by atoms with Gasteiger partial charge in [0.05, 0.1) is 12.0 Å². The number of aliphatic hydroxyl groups is 1. The van der Waals surface area contributed by atoms with Crippen LogP contribution in [0.5, 0.6) is 0 Å². The molecule has 0 aliphatic heterocycles. The van der Waals surface area contributed by atoms with Gasteiger partial charge in [0, 0.05) is 12.6 Å². The van der Waals surface area contributed by atoms with Gasteiger partial charge in [-0.05, 0) is 40.5 Å². The van der Waals surface area contributed by atoms with Gasteiger partial charge in [0.25, 0.3) is 0 Å². The Balaban J connectivity index is 4.06. The van der Waals surface area contributed by atoms with E-state index in [1.807, 2.05) is 41.5 Å². The summed E-state index contributed by atoms with van der Waals surface area (Å²) in [6, 6.07) is -0.00919. The first-order valence-corrected chi connectivity index (χ1v) is 6.61. The van der Waals surface area contributed by atoms with Gasteiger partial charge < -0.3 is 15.2 Å². The molecule has 0 fully saturated rings. The van der Waals surface area contributed by atoms with E-state index in [0.717, 1.165) is 0 Å². The molecule has 0 aromatic heterocycles. The predicted octanol–water partition coefficient (Wildman–Crippen LogP) is 2.10. The Morgan fingerprint density at radius 2 is 1.72 bits per heavy atom. The summed E-state index contributed by atoms with van der Waals surface area (Å²) in [5.41, 5.74) is -1.21. The minimum Gasteiger partial charge on any atom is -0.460 e. The molecule has 0 radical (unpaired) electrons. The minimum atomic E-state index is -0.762. The van der Waals surface area contributed by atoms with Crippen molar-refractivity contribution in [2.24, 2.45) is 5.92 Å². The molecule has 0 aromatic carbocycles. The standard InChI is InChI=1S/C14H29NO3/c1-10(2)14(7,17)9-15-11(3)8-12(16)18-13(4,5)6/h10-11,15,17H,8-9H2,1-7H3. The average molecular weight is 259 g/mol. The number of nitrogens with one attached hydrogen (secondary N) is 1. The van der Waals surface area contributed by atoms with Crippen molar-refractivity contribution in [3.8, 4) is 0 Å². The first-order valence-electron chi connectivity index (χ1n) is 6.61. The largest absolute Gasteiger partial charge is 0.460 e. The number of carbonyl (C=O) groups excluding carboxylic acids is 1. The Morgan fingerprint density at radius 1 is 1.22 bits per heavy atom. The lowest BCUT2D eigenvalue weighted by Gasteiger charge is -2.29. The maximum absolute atomic E-state index is 11.6. The third-order valence-electron chi connectivity index (χ3n) is 2.95. The van der Waals surface area contributed by atoms with Crippen LogP contribution in [0, 0.1) is 5.92 Å². The molecule has 0 aliphatic carbocycles. The van der Waals surface area contributed by atoms with Crippen molar-refractivity contribution in [3.63, 3.8) is 0 Å². The molecule has 4 nitrogen and oxygen atoms in total. The molecule has 2 atom stereocenters. The van der Waals surface area contributed by atoms with E-state index in [9.17, 15) is 9.90 Å². The molecule has 4 heteroatoms. The van der Waals surface area contributed by atoms with E-state index in [2.05, 4.69) is 5.32 Å². The lowest BCUT2D eigenvalue weighted by molar-refractivity contribution is -0.155. The van der Waals surface area contributed by atoms with E-state index < -0.39 is 11.2 Å². The van der Waals surface area contributed by atoms with Gasteiger partial charge in [0.15, 0.2) is 0 Å². The second-order valence-corrected chi connectivity index (χ2v) is 6.58. The van der Waals surface area contributed by atoms with E-state index >= 15 is 0 Å². The lowest BCUT2D eigenvalue weighted by Crippen LogP contribution is -2.45. The molecule has 2 unspecified atom stereocenters. The highest BCUT2D eigenvalue weighted by molar-refractivity contribution is 5.70. The van der Waals surface area contributed by atoms with Crippen LogP contribution in [0.25, 0.3) is 0 Å². The van der Waals surface area contributed by atoms with Crippen molar-refractivity contribution >= 4 is 5.97 Å². The van der Waals surface area contributed by atoms with Crippen molar-refractivity contribution in [1.82, 2.24) is 5.32 Å². The summed E-state index contributed by atoms with van der Waals surface area (Å²) in [6.07, 6.45) is 0.311. The first-order chi connectivity index (χ1) is 7.94. The maximum atomic E-state index is 11.6. The molecular formula is C14H29NO3. The molecule has 108 valence electrons. The molecule has 0 amide bonds. The Kier molecular flexibility index (Phi) is 6.30. The molecule has 0 aliphatic rings. The van der Waals surface area contributed by atoms with Gasteiger partial charge in [0.2, 0.25) is 0 Å². The van der Waals surface area contributed by atoms with Crippen LogP contribution >= 0.6 is 0 Å². The number of carbonyl (C=O) groups is 1. The first kappa shape index (κ1) is 17.4. The number of rotatable bonds is 6. The molecule has 0 bridgehead atoms. The van der Waals surface area contributed by atoms with Crippen LogP contribution < -0.4 is 5.32 Å². The molecule has 0 rings (SSSR count). The molecule has 2 N–H and O–H groups in total. The molecule has 0 heterocycles. The van der Waals surface area contributed by atoms with Crippen LogP contribution in [-0.4, -0.2) is 34.9 Å². The summed E-state index contributed by atoms with van der Waals surface area (Å²) >= 11 is 0. The minimum absolute atomic E-state index is 0.00919. The SMILES string of the molecule is CC(CC(=O)OC(C)(C)C)NCC(C)(O)C(C)C. The highest BCUT2D eigenvalue weighted by atomic mass is 16.6. The van der Waals surface area contributed by atoms with E-state index in [-0.39, 0.29) is 17.9 Å². The fraction of sp³-hybridized carbons (Fsp3) is 0.929. The summed E-state index contributed by atoms with van der Waals surface area (Å²) in [5.74, 6) is -0.0505. The van der Waals surface area contributed by atoms with Crippen molar-refractivity contribution in [3.05, 3.63) is 0 Å². The van der Waals surface area contributed by atoms with Crippen LogP contribution in [0.4, 0.5) is 0 Å². The predicted molar refractivity (Wildman–Crippen MR) is 73.4 cm³/mol. The fourth-order valence-corrected chi connectivity index (χ4v) is 1.29. The Bertz CT molecular complexity index is 267. The zero-order chi connectivity index (χ0) is 14.6. The van der Waals surface area contributed by atoms with Gasteiger partial charge in [-0.3, -0.25) is 4.79 Å². The van der Waals surface area contributed by atoms with E-state index in [1.54, 1.807) is 6.92 Å². The van der Waals surface area contributed by atoms with Gasteiger partial charge in [-0.2, -0.15) is 0 Å². The van der Waals surface area contributed by atoms with Crippen molar-refractivity contribution < 1.29 is 14.6 Å². The summed E-state index contributed by atoms with van der Waals surface area (Å²) < 4.78 is 5.25. The number of hydrogen-bond donors (Lipinski definition) is 2. The molecule has 0 spiro atoms. The number of ether oxygens (including phenoxy) is 1. The van der Waals surface area contributed by atoms with Crippen molar-refractivity contribution in [2.75, 3.05) is 6.54 Å². The average Bonchev–Trinajstić information content (AvgIpc) is 2.11. The van der Waals surface area contributed by atoms with Crippen molar-refractivity contribution in [2.45, 2.75) is 72.1 Å². The number of esters is 1. The van der Waals surface area contributed by atoms with Gasteiger partial charge in [-0.15, -0.1) is 0 Å². The smallest absolute Gasteiger partial charge is 0.307 e. The van der Waals surface area contributed by atoms with Gasteiger partial charge in [-0.25, -0.2) is 0 Å². The summed E-state index contributed by atoms with van der Waals surface area (Å²) in [5, 5.41) is 13.3. The Hall–Kier alpha value is -0.610. The quantitative estimate of drug-likeness (QED) is 0.717. The van der Waals surface area contributed by atoms with Gasteiger partial charge in [0.1, 0.15) is 5.60 Å². The Morgan fingerprint density at radius 3 is 2.11 bits per heavy atom. The molecule has 0 aromatic rings. The van der Waals surface area contributed by atoms with Gasteiger partial charge >= 0.3 is 5.97 Å². The molecule has 0 saturated heterocycles. The normalized spacial score (nSPS) is 17.4. The van der Waals surface area contributed by atoms with Crippen LogP contribution in [0.15, 0.2) is 0 Å². The second kappa shape index (κ2) is 6.53. The monoisotopic (exact) mass is 259 g/mol. The second-order valence-electron chi connectivity index (χ2n) is 6.58. The van der Waals surface area contributed by atoms with Crippen LogP contribution in [-0.2, 0) is 9.53 Å². The van der Waals surface area contributed by atoms with Crippen LogP contribution in [0.2, 0.25) is 0 Å². The summed E-state index contributed by atoms with van der Waals surface area (Å²) in [7, 11) is 0. The van der Waals surface area contributed by atoms with Crippen molar-refractivity contribution in [1.29, 1.82) is 0 Å². The van der Waals surface area contributed by atoms with Gasteiger partial charge in [-0.1, -0.05) is 13.8 Å². The zero-order valence-corrected chi connectivity index (χ0v) is 12.8. The van der Waals surface area contributed by atoms with E-state index in [0.29, 0.717) is 13.0 Å². The highest BCUT2D eigenvalue weighted by Crippen LogP contribution is 2.15. The highest BCUT2D eigenvalue weighted by Gasteiger charge is 2.26. The topological polar surface area (TPSA) is 58.6 Å². The molecule has 18 heavy (non-hydrogen) atoms. The molecular weight excluding hydrogens is 230 g/mol. The molecule has 0 saturated carbocycles. The summed E-state index contributed by atoms with van der Waals surface area (Å²) in [6.45, 7) is 13.7. The van der Waals surface area contributed by atoms with E-state index in [4.69, 9.17) is 4.74 Å². The van der Waals surface area contributed by atoms with Crippen LogP contribution in [0.3, 0.4) is 0 Å². The fourth-order valence-electron chi connectivity index (χ4n) is 1.29. The third kappa shape index (κ3) is 7.67. The van der Waals surface area contributed by atoms with E-state index in [1.165, 1.54) is 0 Å². The lowest BCUT2D eigenvalue weighted by atomic mass is 9.92. The zero-order valence-electron chi connectivity index (χ0n) is 12.8. The van der Waals surface area contributed by atoms with Crippen LogP contribution in [0.1, 0.15) is 54.9 Å². The third-order valence-corrected chi connectivity index (χ3v) is 2.95. The maximum Gasteiger partial charge on any atom is 0.307 e. The number of hydrogen-bond acceptors (Lipinski definition) is 4. The Labute approximate surface area is 111 Å².